The molecule has 0 bridgehead atoms. The van der Waals surface area contributed by atoms with Crippen LogP contribution in [0, 0.1) is 11.8 Å². The number of ketones is 1. The molecule has 1 aromatic heterocycles. The van der Waals surface area contributed by atoms with Gasteiger partial charge in [0.15, 0.2) is 0 Å². The highest BCUT2D eigenvalue weighted by Gasteiger charge is 2.01. The summed E-state index contributed by atoms with van der Waals surface area (Å²) in [5.74, 6) is 6.01. The Kier molecular flexibility index (Phi) is 3.59. The van der Waals surface area contributed by atoms with Gasteiger partial charge in [0, 0.05) is 5.56 Å². The van der Waals surface area contributed by atoms with E-state index in [-0.39, 0.29) is 5.78 Å². The molecule has 0 fully saturated rings. The van der Waals surface area contributed by atoms with Crippen molar-refractivity contribution in [1.29, 1.82) is 0 Å². The molecule has 0 spiro atoms. The van der Waals surface area contributed by atoms with Gasteiger partial charge in [-0.3, -0.25) is 4.79 Å². The van der Waals surface area contributed by atoms with Crippen LogP contribution in [0.5, 0.6) is 5.75 Å². The summed E-state index contributed by atoms with van der Waals surface area (Å²) in [5, 5.41) is 1.93. The fourth-order valence-corrected chi connectivity index (χ4v) is 1.85. The molecule has 0 saturated carbocycles. The largest absolute Gasteiger partial charge is 0.497 e. The number of methoxy groups -OCH3 is 1. The minimum absolute atomic E-state index is 0.180. The molecular weight excluding hydrogens is 232 g/mol. The maximum Gasteiger partial charge on any atom is 0.236 e. The lowest BCUT2D eigenvalue weighted by atomic mass is 10.1. The SMILES string of the molecule is COc1ccc(C(=O)C#Cc2cccs2)cc1. The second kappa shape index (κ2) is 5.33. The lowest BCUT2D eigenvalue weighted by Crippen LogP contribution is -1.94. The number of rotatable bonds is 2. The maximum atomic E-state index is 11.7. The van der Waals surface area contributed by atoms with Gasteiger partial charge >= 0.3 is 0 Å². The predicted octanol–water partition coefficient (Wildman–Crippen LogP) is 2.99. The monoisotopic (exact) mass is 242 g/mol. The van der Waals surface area contributed by atoms with Crippen LogP contribution in [0.4, 0.5) is 0 Å². The number of ether oxygens (including phenoxy) is 1. The summed E-state index contributed by atoms with van der Waals surface area (Å²) in [7, 11) is 1.59. The number of benzene rings is 1. The smallest absolute Gasteiger partial charge is 0.236 e. The van der Waals surface area contributed by atoms with Crippen molar-refractivity contribution in [3.05, 3.63) is 52.2 Å². The third-order valence-corrected chi connectivity index (χ3v) is 2.96. The summed E-state index contributed by atoms with van der Waals surface area (Å²) >= 11 is 1.52. The van der Waals surface area contributed by atoms with Crippen molar-refractivity contribution in [3.8, 4) is 17.6 Å². The molecule has 2 rings (SSSR count). The molecule has 2 nitrogen and oxygen atoms in total. The van der Waals surface area contributed by atoms with E-state index in [4.69, 9.17) is 4.74 Å². The molecule has 0 unspecified atom stereocenters. The number of thiophene rings is 1. The second-order valence-corrected chi connectivity index (χ2v) is 4.23. The highest BCUT2D eigenvalue weighted by atomic mass is 32.1. The van der Waals surface area contributed by atoms with E-state index in [0.717, 1.165) is 10.6 Å². The summed E-state index contributed by atoms with van der Waals surface area (Å²) in [5.41, 5.74) is 0.579. The summed E-state index contributed by atoms with van der Waals surface area (Å²) in [6.07, 6.45) is 0. The van der Waals surface area contributed by atoms with Crippen molar-refractivity contribution in [1.82, 2.24) is 0 Å². The molecule has 84 valence electrons. The van der Waals surface area contributed by atoms with Gasteiger partial charge in [-0.25, -0.2) is 0 Å². The normalized spacial score (nSPS) is 9.24. The van der Waals surface area contributed by atoms with E-state index in [1.54, 1.807) is 31.4 Å². The van der Waals surface area contributed by atoms with Crippen LogP contribution in [0.1, 0.15) is 15.2 Å². The van der Waals surface area contributed by atoms with Crippen molar-refractivity contribution < 1.29 is 9.53 Å². The van der Waals surface area contributed by atoms with Crippen LogP contribution in [0.15, 0.2) is 41.8 Å². The van der Waals surface area contributed by atoms with E-state index in [2.05, 4.69) is 11.8 Å². The molecule has 3 heteroatoms. The summed E-state index contributed by atoms with van der Waals surface area (Å²) in [6, 6.07) is 10.7. The Hall–Kier alpha value is -2.05. The van der Waals surface area contributed by atoms with Gasteiger partial charge in [-0.1, -0.05) is 6.07 Å². The lowest BCUT2D eigenvalue weighted by Gasteiger charge is -1.98. The molecular formula is C14H10O2S. The maximum absolute atomic E-state index is 11.7. The van der Waals surface area contributed by atoms with Crippen LogP contribution >= 0.6 is 11.3 Å². The van der Waals surface area contributed by atoms with Crippen molar-refractivity contribution in [2.45, 2.75) is 0 Å². The van der Waals surface area contributed by atoms with Gasteiger partial charge < -0.3 is 4.74 Å². The van der Waals surface area contributed by atoms with Gasteiger partial charge in [0.1, 0.15) is 5.75 Å². The Morgan fingerprint density at radius 3 is 2.59 bits per heavy atom. The Bertz CT molecular complexity index is 557. The van der Waals surface area contributed by atoms with Crippen LogP contribution in [-0.4, -0.2) is 12.9 Å². The van der Waals surface area contributed by atoms with E-state index >= 15 is 0 Å². The fourth-order valence-electron chi connectivity index (χ4n) is 1.28. The van der Waals surface area contributed by atoms with Gasteiger partial charge in [-0.15, -0.1) is 11.3 Å². The van der Waals surface area contributed by atoms with Crippen LogP contribution in [0.2, 0.25) is 0 Å². The first kappa shape index (κ1) is 11.4. The van der Waals surface area contributed by atoms with E-state index in [9.17, 15) is 4.79 Å². The number of hydrogen-bond acceptors (Lipinski definition) is 3. The van der Waals surface area contributed by atoms with Gasteiger partial charge in [-0.05, 0) is 47.6 Å². The predicted molar refractivity (Wildman–Crippen MR) is 68.5 cm³/mol. The van der Waals surface area contributed by atoms with Crippen molar-refractivity contribution in [3.63, 3.8) is 0 Å². The minimum atomic E-state index is -0.180. The number of carbonyl (C=O) groups is 1. The van der Waals surface area contributed by atoms with Crippen LogP contribution in [0.3, 0.4) is 0 Å². The van der Waals surface area contributed by atoms with E-state index in [0.29, 0.717) is 5.56 Å². The molecule has 0 aliphatic rings. The molecule has 0 aliphatic carbocycles. The van der Waals surface area contributed by atoms with Crippen molar-refractivity contribution in [2.75, 3.05) is 7.11 Å². The van der Waals surface area contributed by atoms with Gasteiger partial charge in [-0.2, -0.15) is 0 Å². The molecule has 0 N–H and O–H groups in total. The van der Waals surface area contributed by atoms with E-state index in [1.807, 2.05) is 17.5 Å². The first-order valence-corrected chi connectivity index (χ1v) is 5.91. The molecule has 1 heterocycles. The molecule has 0 saturated heterocycles. The van der Waals surface area contributed by atoms with Gasteiger partial charge in [0.05, 0.1) is 12.0 Å². The van der Waals surface area contributed by atoms with Crippen LogP contribution in [-0.2, 0) is 0 Å². The average molecular weight is 242 g/mol. The van der Waals surface area contributed by atoms with Gasteiger partial charge in [0.25, 0.3) is 0 Å². The summed E-state index contributed by atoms with van der Waals surface area (Å²) in [6.45, 7) is 0. The topological polar surface area (TPSA) is 26.3 Å². The third kappa shape index (κ3) is 2.96. The zero-order chi connectivity index (χ0) is 12.1. The molecule has 17 heavy (non-hydrogen) atoms. The first-order chi connectivity index (χ1) is 8.29. The number of carbonyl (C=O) groups excluding carboxylic acids is 1. The minimum Gasteiger partial charge on any atom is -0.497 e. The summed E-state index contributed by atoms with van der Waals surface area (Å²) < 4.78 is 5.02. The van der Waals surface area contributed by atoms with Crippen LogP contribution < -0.4 is 4.74 Å². The fraction of sp³-hybridized carbons (Fsp3) is 0.0714. The van der Waals surface area contributed by atoms with Crippen molar-refractivity contribution in [2.24, 2.45) is 0 Å². The van der Waals surface area contributed by atoms with Gasteiger partial charge in [0.2, 0.25) is 5.78 Å². The Labute approximate surface area is 104 Å². The molecule has 0 atom stereocenters. The Morgan fingerprint density at radius 1 is 1.24 bits per heavy atom. The van der Waals surface area contributed by atoms with E-state index in [1.165, 1.54) is 11.3 Å². The molecule has 0 amide bonds. The molecule has 2 aromatic rings. The first-order valence-electron chi connectivity index (χ1n) is 5.03. The number of Topliss-reactive ketones (excluding diaryl/α,β-unsaturated/α-hetero) is 1. The second-order valence-electron chi connectivity index (χ2n) is 3.28. The molecule has 0 aliphatic heterocycles. The lowest BCUT2D eigenvalue weighted by molar-refractivity contribution is 0.105. The zero-order valence-electron chi connectivity index (χ0n) is 9.27. The quantitative estimate of drug-likeness (QED) is 0.597. The van der Waals surface area contributed by atoms with Crippen molar-refractivity contribution >= 4 is 17.1 Å². The number of hydrogen-bond donors (Lipinski definition) is 0. The standard InChI is InChI=1S/C14H10O2S/c1-16-12-6-4-11(5-7-12)14(15)9-8-13-3-2-10-17-13/h2-7,10H,1H3. The highest BCUT2D eigenvalue weighted by Crippen LogP contribution is 2.11. The summed E-state index contributed by atoms with van der Waals surface area (Å²) in [4.78, 5) is 12.6. The molecule has 0 radical (unpaired) electrons. The average Bonchev–Trinajstić information content (AvgIpc) is 2.89. The Balaban J connectivity index is 2.14. The van der Waals surface area contributed by atoms with E-state index < -0.39 is 0 Å². The zero-order valence-corrected chi connectivity index (χ0v) is 10.1. The highest BCUT2D eigenvalue weighted by molar-refractivity contribution is 7.10. The van der Waals surface area contributed by atoms with Crippen LogP contribution in [0.25, 0.3) is 0 Å². The molecule has 1 aromatic carbocycles. The Morgan fingerprint density at radius 2 is 2.00 bits per heavy atom. The third-order valence-electron chi connectivity index (χ3n) is 2.17.